The molecule has 10 heteroatoms. The van der Waals surface area contributed by atoms with Crippen LogP contribution in [-0.2, 0) is 14.8 Å². The molecule has 3 N–H and O–H groups in total. The normalized spacial score (nSPS) is 18.8. The number of carbonyl (C=O) groups excluding carboxylic acids is 1. The van der Waals surface area contributed by atoms with Crippen LogP contribution in [0.5, 0.6) is 5.88 Å². The summed E-state index contributed by atoms with van der Waals surface area (Å²) in [6, 6.07) is 2.75. The number of ether oxygens (including phenoxy) is 1. The van der Waals surface area contributed by atoms with Crippen LogP contribution in [0.25, 0.3) is 0 Å². The lowest BCUT2D eigenvalue weighted by atomic mass is 9.94. The fourth-order valence-electron chi connectivity index (χ4n) is 2.90. The summed E-state index contributed by atoms with van der Waals surface area (Å²) < 4.78 is 44.6. The van der Waals surface area contributed by atoms with Crippen LogP contribution in [0.4, 0.5) is 4.39 Å². The first-order chi connectivity index (χ1) is 13.6. The first-order valence-electron chi connectivity index (χ1n) is 9.39. The van der Waals surface area contributed by atoms with Gasteiger partial charge in [-0.05, 0) is 32.8 Å². The average Bonchev–Trinajstić information content (AvgIpc) is 3.18. The minimum atomic E-state index is -3.78. The van der Waals surface area contributed by atoms with Gasteiger partial charge in [-0.15, -0.1) is 0 Å². The van der Waals surface area contributed by atoms with Crippen LogP contribution < -0.4 is 10.5 Å². The predicted molar refractivity (Wildman–Crippen MR) is 105 cm³/mol. The van der Waals surface area contributed by atoms with Crippen molar-refractivity contribution >= 4 is 15.8 Å². The van der Waals surface area contributed by atoms with E-state index in [2.05, 4.69) is 4.98 Å². The molecule has 8 nitrogen and oxygen atoms in total. The highest BCUT2D eigenvalue weighted by molar-refractivity contribution is 7.89. The van der Waals surface area contributed by atoms with Crippen molar-refractivity contribution in [1.82, 2.24) is 9.29 Å². The Labute approximate surface area is 170 Å². The lowest BCUT2D eigenvalue weighted by Gasteiger charge is -2.18. The topological polar surface area (TPSA) is 123 Å². The molecule has 1 aromatic heterocycles. The molecular weight excluding hydrogens is 401 g/mol. The molecule has 2 heterocycles. The number of nitrogens with two attached hydrogens (primary N) is 1. The van der Waals surface area contributed by atoms with Crippen LogP contribution in [0.15, 0.2) is 35.1 Å². The molecule has 0 unspecified atom stereocenters. The molecular formula is C19H28FN3O5S. The summed E-state index contributed by atoms with van der Waals surface area (Å²) in [6.07, 6.45) is 2.55. The minimum Gasteiger partial charge on any atom is -0.473 e. The minimum absolute atomic E-state index is 0.00507. The molecule has 0 aliphatic carbocycles. The molecule has 1 aliphatic heterocycles. The van der Waals surface area contributed by atoms with E-state index in [1.807, 2.05) is 0 Å². The zero-order valence-corrected chi connectivity index (χ0v) is 17.5. The van der Waals surface area contributed by atoms with Gasteiger partial charge in [0.2, 0.25) is 15.9 Å². The first-order valence-corrected chi connectivity index (χ1v) is 10.8. The van der Waals surface area contributed by atoms with E-state index in [1.54, 1.807) is 13.8 Å². The number of hydrogen-bond donors (Lipinski definition) is 2. The number of halogens is 1. The van der Waals surface area contributed by atoms with E-state index in [4.69, 9.17) is 10.5 Å². The number of aromatic nitrogens is 1. The molecule has 0 bridgehead atoms. The summed E-state index contributed by atoms with van der Waals surface area (Å²) in [7, 11) is -3.78. The van der Waals surface area contributed by atoms with Crippen molar-refractivity contribution in [2.45, 2.75) is 43.6 Å². The third-order valence-electron chi connectivity index (χ3n) is 4.76. The maximum absolute atomic E-state index is 12.8. The third kappa shape index (κ3) is 6.56. The highest BCUT2D eigenvalue weighted by Gasteiger charge is 2.36. The van der Waals surface area contributed by atoms with E-state index in [0.717, 1.165) is 0 Å². The number of Topliss-reactive ketones (excluding diaryl/α,β-unsaturated/α-hetero) is 1. The van der Waals surface area contributed by atoms with Crippen molar-refractivity contribution in [3.8, 4) is 5.88 Å². The highest BCUT2D eigenvalue weighted by Crippen LogP contribution is 2.27. The lowest BCUT2D eigenvalue weighted by Crippen LogP contribution is -2.30. The fraction of sp³-hybridized carbons (Fsp3) is 0.579. The van der Waals surface area contributed by atoms with Crippen molar-refractivity contribution in [2.24, 2.45) is 11.7 Å². The Morgan fingerprint density at radius 2 is 2.21 bits per heavy atom. The molecule has 2 rings (SSSR count). The molecule has 0 aromatic carbocycles. The van der Waals surface area contributed by atoms with Crippen LogP contribution >= 0.6 is 0 Å². The van der Waals surface area contributed by atoms with Crippen LogP contribution in [0, 0.1) is 5.92 Å². The lowest BCUT2D eigenvalue weighted by molar-refractivity contribution is -0.123. The van der Waals surface area contributed by atoms with Crippen molar-refractivity contribution in [3.63, 3.8) is 0 Å². The SMILES string of the molecule is CC(C)(O)CCC(=O)[C@H]1CCN(S(=O)(=O)c2ccc(OC/C(=C\F)CN)nc2)C1. The molecule has 1 atom stereocenters. The molecule has 0 spiro atoms. The zero-order chi connectivity index (χ0) is 21.7. The van der Waals surface area contributed by atoms with Gasteiger partial charge in [0.1, 0.15) is 17.3 Å². The van der Waals surface area contributed by atoms with E-state index in [1.165, 1.54) is 22.6 Å². The summed E-state index contributed by atoms with van der Waals surface area (Å²) >= 11 is 0. The molecule has 0 radical (unpaired) electrons. The number of aliphatic hydroxyl groups is 1. The van der Waals surface area contributed by atoms with Gasteiger partial charge in [0.05, 0.1) is 18.1 Å². The number of ketones is 1. The maximum Gasteiger partial charge on any atom is 0.244 e. The van der Waals surface area contributed by atoms with Gasteiger partial charge < -0.3 is 15.6 Å². The molecule has 1 aliphatic rings. The van der Waals surface area contributed by atoms with Crippen LogP contribution in [0.3, 0.4) is 0 Å². The second kappa shape index (κ2) is 9.75. The Balaban J connectivity index is 1.98. The van der Waals surface area contributed by atoms with Gasteiger partial charge in [0.15, 0.2) is 0 Å². The molecule has 1 fully saturated rings. The van der Waals surface area contributed by atoms with Crippen molar-refractivity contribution in [1.29, 1.82) is 0 Å². The Morgan fingerprint density at radius 3 is 2.76 bits per heavy atom. The Hall–Kier alpha value is -1.88. The number of rotatable bonds is 10. The number of nitrogens with zero attached hydrogens (tertiary/aromatic N) is 2. The summed E-state index contributed by atoms with van der Waals surface area (Å²) in [5.74, 6) is -0.258. The fourth-order valence-corrected chi connectivity index (χ4v) is 4.34. The average molecular weight is 430 g/mol. The first kappa shape index (κ1) is 23.4. The molecule has 0 saturated carbocycles. The molecule has 1 aromatic rings. The number of carbonyl (C=O) groups is 1. The highest BCUT2D eigenvalue weighted by atomic mass is 32.2. The largest absolute Gasteiger partial charge is 0.473 e. The smallest absolute Gasteiger partial charge is 0.244 e. The summed E-state index contributed by atoms with van der Waals surface area (Å²) in [4.78, 5) is 16.3. The summed E-state index contributed by atoms with van der Waals surface area (Å²) in [6.45, 7) is 3.57. The maximum atomic E-state index is 12.8. The Kier molecular flexibility index (Phi) is 7.87. The molecule has 0 amide bonds. The zero-order valence-electron chi connectivity index (χ0n) is 16.7. The number of sulfonamides is 1. The second-order valence-corrected chi connectivity index (χ2v) is 9.66. The van der Waals surface area contributed by atoms with Gasteiger partial charge in [-0.2, -0.15) is 4.31 Å². The van der Waals surface area contributed by atoms with E-state index in [9.17, 15) is 22.7 Å². The van der Waals surface area contributed by atoms with E-state index < -0.39 is 15.6 Å². The standard InChI is InChI=1S/C19H28FN3O5S/c1-19(2,25)7-5-17(24)15-6-8-23(12-15)29(26,27)16-3-4-18(22-11-16)28-13-14(9-20)10-21/h3-4,9,11,15,25H,5-8,10,12-13,21H2,1-2H3/b14-9-/t15-/m0/s1. The predicted octanol–water partition coefficient (Wildman–Crippen LogP) is 1.40. The van der Waals surface area contributed by atoms with Crippen LogP contribution in [-0.4, -0.2) is 60.4 Å². The molecule has 1 saturated heterocycles. The van der Waals surface area contributed by atoms with Crippen LogP contribution in [0.2, 0.25) is 0 Å². The van der Waals surface area contributed by atoms with E-state index in [-0.39, 0.29) is 60.7 Å². The van der Waals surface area contributed by atoms with Crippen LogP contribution in [0.1, 0.15) is 33.1 Å². The molecule has 162 valence electrons. The monoisotopic (exact) mass is 429 g/mol. The quantitative estimate of drug-likeness (QED) is 0.576. The van der Waals surface area contributed by atoms with E-state index >= 15 is 0 Å². The Morgan fingerprint density at radius 1 is 1.48 bits per heavy atom. The van der Waals surface area contributed by atoms with Gasteiger partial charge in [0, 0.05) is 43.6 Å². The number of hydrogen-bond acceptors (Lipinski definition) is 7. The number of pyridine rings is 1. The van der Waals surface area contributed by atoms with Gasteiger partial charge in [-0.25, -0.2) is 17.8 Å². The Bertz CT molecular complexity index is 834. The molecule has 29 heavy (non-hydrogen) atoms. The van der Waals surface area contributed by atoms with Crippen molar-refractivity contribution in [2.75, 3.05) is 26.2 Å². The summed E-state index contributed by atoms with van der Waals surface area (Å²) in [5, 5.41) is 9.75. The van der Waals surface area contributed by atoms with Crippen molar-refractivity contribution in [3.05, 3.63) is 30.2 Å². The van der Waals surface area contributed by atoms with E-state index in [0.29, 0.717) is 19.2 Å². The van der Waals surface area contributed by atoms with Gasteiger partial charge >= 0.3 is 0 Å². The third-order valence-corrected chi connectivity index (χ3v) is 6.61. The van der Waals surface area contributed by atoms with Gasteiger partial charge in [-0.3, -0.25) is 4.79 Å². The van der Waals surface area contributed by atoms with Gasteiger partial charge in [-0.1, -0.05) is 0 Å². The summed E-state index contributed by atoms with van der Waals surface area (Å²) in [5.41, 5.74) is 4.66. The second-order valence-electron chi connectivity index (χ2n) is 7.72. The van der Waals surface area contributed by atoms with Gasteiger partial charge in [0.25, 0.3) is 0 Å². The van der Waals surface area contributed by atoms with Crippen molar-refractivity contribution < 1.29 is 27.4 Å².